The van der Waals surface area contributed by atoms with Crippen molar-refractivity contribution in [3.63, 3.8) is 0 Å². The van der Waals surface area contributed by atoms with E-state index in [-0.39, 0.29) is 12.0 Å². The van der Waals surface area contributed by atoms with Crippen molar-refractivity contribution in [1.29, 1.82) is 0 Å². The molecule has 0 amide bonds. The number of hydrogen-bond donors (Lipinski definition) is 2. The van der Waals surface area contributed by atoms with Crippen molar-refractivity contribution in [3.05, 3.63) is 29.8 Å². The van der Waals surface area contributed by atoms with Gasteiger partial charge in [-0.25, -0.2) is 4.79 Å². The number of benzene rings is 1. The zero-order valence-corrected chi connectivity index (χ0v) is 9.96. The lowest BCUT2D eigenvalue weighted by Crippen LogP contribution is -2.04. The van der Waals surface area contributed by atoms with Gasteiger partial charge in [-0.05, 0) is 31.4 Å². The third-order valence-corrected chi connectivity index (χ3v) is 2.41. The van der Waals surface area contributed by atoms with E-state index in [4.69, 9.17) is 14.9 Å². The van der Waals surface area contributed by atoms with Crippen molar-refractivity contribution >= 4 is 11.9 Å². The summed E-state index contributed by atoms with van der Waals surface area (Å²) in [6.07, 6.45) is 2.23. The van der Waals surface area contributed by atoms with Crippen LogP contribution in [0.2, 0.25) is 0 Å². The first kappa shape index (κ1) is 14.0. The van der Waals surface area contributed by atoms with Crippen LogP contribution in [0.25, 0.3) is 0 Å². The molecule has 0 saturated carbocycles. The van der Waals surface area contributed by atoms with E-state index in [9.17, 15) is 9.59 Å². The number of carboxylic acids is 2. The minimum Gasteiger partial charge on any atom is -0.493 e. The zero-order valence-electron chi connectivity index (χ0n) is 9.96. The molecule has 1 aromatic carbocycles. The summed E-state index contributed by atoms with van der Waals surface area (Å²) in [5.74, 6) is -1.47. The molecule has 0 unspecified atom stereocenters. The molecule has 0 aliphatic rings. The van der Waals surface area contributed by atoms with E-state index in [1.807, 2.05) is 0 Å². The van der Waals surface area contributed by atoms with Crippen LogP contribution in [0, 0.1) is 0 Å². The summed E-state index contributed by atoms with van der Waals surface area (Å²) in [4.78, 5) is 21.2. The fourth-order valence-corrected chi connectivity index (χ4v) is 1.51. The van der Waals surface area contributed by atoms with Crippen molar-refractivity contribution < 1.29 is 24.5 Å². The second-order valence-electron chi connectivity index (χ2n) is 3.85. The van der Waals surface area contributed by atoms with E-state index in [1.165, 1.54) is 6.07 Å². The van der Waals surface area contributed by atoms with Gasteiger partial charge in [0.2, 0.25) is 0 Å². The van der Waals surface area contributed by atoms with Crippen LogP contribution in [0.5, 0.6) is 5.75 Å². The highest BCUT2D eigenvalue weighted by molar-refractivity contribution is 5.90. The summed E-state index contributed by atoms with van der Waals surface area (Å²) in [5.41, 5.74) is 0.142. The predicted octanol–water partition coefficient (Wildman–Crippen LogP) is 2.41. The third kappa shape index (κ3) is 4.86. The van der Waals surface area contributed by atoms with Gasteiger partial charge in [0.1, 0.15) is 11.3 Å². The lowest BCUT2D eigenvalue weighted by Gasteiger charge is -2.08. The molecule has 0 heterocycles. The van der Waals surface area contributed by atoms with Crippen molar-refractivity contribution in [3.8, 4) is 5.75 Å². The Morgan fingerprint density at radius 2 is 1.78 bits per heavy atom. The fourth-order valence-electron chi connectivity index (χ4n) is 1.51. The maximum Gasteiger partial charge on any atom is 0.339 e. The number of para-hydroxylation sites is 1. The summed E-state index contributed by atoms with van der Waals surface area (Å²) >= 11 is 0. The van der Waals surface area contributed by atoms with Crippen LogP contribution in [-0.4, -0.2) is 28.8 Å². The first-order valence-corrected chi connectivity index (χ1v) is 5.78. The molecule has 5 heteroatoms. The number of carboxylic acid groups (broad SMARTS) is 2. The van der Waals surface area contributed by atoms with Crippen LogP contribution in [0.15, 0.2) is 24.3 Å². The van der Waals surface area contributed by atoms with Gasteiger partial charge in [-0.1, -0.05) is 12.1 Å². The zero-order chi connectivity index (χ0) is 13.4. The van der Waals surface area contributed by atoms with E-state index in [1.54, 1.807) is 18.2 Å². The molecule has 0 bridgehead atoms. The summed E-state index contributed by atoms with van der Waals surface area (Å²) in [5, 5.41) is 17.4. The molecule has 0 aromatic heterocycles. The highest BCUT2D eigenvalue weighted by atomic mass is 16.5. The summed E-state index contributed by atoms with van der Waals surface area (Å²) < 4.78 is 5.38. The van der Waals surface area contributed by atoms with Gasteiger partial charge in [-0.15, -0.1) is 0 Å². The molecule has 5 nitrogen and oxygen atoms in total. The number of hydrogen-bond acceptors (Lipinski definition) is 3. The van der Waals surface area contributed by atoms with Crippen LogP contribution in [-0.2, 0) is 4.79 Å². The quantitative estimate of drug-likeness (QED) is 0.694. The molecule has 1 aromatic rings. The molecule has 0 aliphatic carbocycles. The Labute approximate surface area is 105 Å². The normalized spacial score (nSPS) is 10.0. The molecule has 18 heavy (non-hydrogen) atoms. The molecule has 98 valence electrons. The standard InChI is InChI=1S/C13H16O5/c14-12(15)8-2-1-5-9-18-11-7-4-3-6-10(11)13(16)17/h3-4,6-7H,1-2,5,8-9H2,(H,14,15)(H,16,17). The molecule has 0 aliphatic heterocycles. The van der Waals surface area contributed by atoms with Gasteiger partial charge in [0.05, 0.1) is 6.61 Å². The molecule has 2 N–H and O–H groups in total. The third-order valence-electron chi connectivity index (χ3n) is 2.41. The van der Waals surface area contributed by atoms with Crippen LogP contribution in [0.3, 0.4) is 0 Å². The lowest BCUT2D eigenvalue weighted by atomic mass is 10.2. The van der Waals surface area contributed by atoms with Crippen molar-refractivity contribution in [1.82, 2.24) is 0 Å². The maximum absolute atomic E-state index is 10.9. The average molecular weight is 252 g/mol. The highest BCUT2D eigenvalue weighted by Gasteiger charge is 2.09. The average Bonchev–Trinajstić information content (AvgIpc) is 2.33. The smallest absolute Gasteiger partial charge is 0.339 e. The van der Waals surface area contributed by atoms with Crippen molar-refractivity contribution in [2.24, 2.45) is 0 Å². The van der Waals surface area contributed by atoms with E-state index in [2.05, 4.69) is 0 Å². The number of rotatable bonds is 8. The lowest BCUT2D eigenvalue weighted by molar-refractivity contribution is -0.137. The molecule has 0 spiro atoms. The summed E-state index contributed by atoms with van der Waals surface area (Å²) in [6.45, 7) is 0.393. The summed E-state index contributed by atoms with van der Waals surface area (Å²) in [6, 6.07) is 6.46. The first-order chi connectivity index (χ1) is 8.61. The first-order valence-electron chi connectivity index (χ1n) is 5.78. The molecule has 0 radical (unpaired) electrons. The monoisotopic (exact) mass is 252 g/mol. The Bertz CT molecular complexity index is 414. The van der Waals surface area contributed by atoms with E-state index < -0.39 is 11.9 Å². The molecular weight excluding hydrogens is 236 g/mol. The number of aromatic carboxylic acids is 1. The van der Waals surface area contributed by atoms with Gasteiger partial charge < -0.3 is 14.9 Å². The van der Waals surface area contributed by atoms with Gasteiger partial charge in [0.25, 0.3) is 0 Å². The number of unbranched alkanes of at least 4 members (excludes halogenated alkanes) is 2. The molecule has 0 saturated heterocycles. The molecule has 0 fully saturated rings. The van der Waals surface area contributed by atoms with Crippen molar-refractivity contribution in [2.75, 3.05) is 6.61 Å². The minimum atomic E-state index is -1.02. The van der Waals surface area contributed by atoms with Gasteiger partial charge >= 0.3 is 11.9 Å². The van der Waals surface area contributed by atoms with E-state index >= 15 is 0 Å². The summed E-state index contributed by atoms with van der Waals surface area (Å²) in [7, 11) is 0. The van der Waals surface area contributed by atoms with Gasteiger partial charge in [-0.2, -0.15) is 0 Å². The molecule has 0 atom stereocenters. The SMILES string of the molecule is O=C(O)CCCCCOc1ccccc1C(=O)O. The van der Waals surface area contributed by atoms with Crippen LogP contribution in [0.1, 0.15) is 36.0 Å². The second kappa shape index (κ2) is 7.32. The predicted molar refractivity (Wildman–Crippen MR) is 65.0 cm³/mol. The Hall–Kier alpha value is -2.04. The van der Waals surface area contributed by atoms with Crippen molar-refractivity contribution in [2.45, 2.75) is 25.7 Å². The van der Waals surface area contributed by atoms with Gasteiger partial charge in [-0.3, -0.25) is 4.79 Å². The largest absolute Gasteiger partial charge is 0.493 e. The molecule has 1 rings (SSSR count). The molecular formula is C13H16O5. The van der Waals surface area contributed by atoms with Crippen LogP contribution >= 0.6 is 0 Å². The Morgan fingerprint density at radius 1 is 1.06 bits per heavy atom. The van der Waals surface area contributed by atoms with Gasteiger partial charge in [0.15, 0.2) is 0 Å². The van der Waals surface area contributed by atoms with Crippen LogP contribution in [0.4, 0.5) is 0 Å². The number of carbonyl (C=O) groups is 2. The number of aliphatic carboxylic acids is 1. The maximum atomic E-state index is 10.9. The second-order valence-corrected chi connectivity index (χ2v) is 3.85. The minimum absolute atomic E-state index is 0.142. The Morgan fingerprint density at radius 3 is 2.44 bits per heavy atom. The van der Waals surface area contributed by atoms with E-state index in [0.29, 0.717) is 25.2 Å². The number of ether oxygens (including phenoxy) is 1. The van der Waals surface area contributed by atoms with E-state index in [0.717, 1.165) is 6.42 Å². The Balaban J connectivity index is 2.31. The van der Waals surface area contributed by atoms with Crippen LogP contribution < -0.4 is 4.74 Å². The fraction of sp³-hybridized carbons (Fsp3) is 0.385. The Kier molecular flexibility index (Phi) is 5.70. The highest BCUT2D eigenvalue weighted by Crippen LogP contribution is 2.18. The topological polar surface area (TPSA) is 83.8 Å². The van der Waals surface area contributed by atoms with Gasteiger partial charge in [0, 0.05) is 6.42 Å².